The van der Waals surface area contributed by atoms with E-state index in [0.29, 0.717) is 25.3 Å². The summed E-state index contributed by atoms with van der Waals surface area (Å²) in [5.41, 5.74) is 1.05. The minimum Gasteiger partial charge on any atom is -0.497 e. The van der Waals surface area contributed by atoms with Crippen molar-refractivity contribution in [3.8, 4) is 5.75 Å². The third-order valence-electron chi connectivity index (χ3n) is 7.05. The van der Waals surface area contributed by atoms with Gasteiger partial charge in [-0.3, -0.25) is 4.79 Å². The molecular weight excluding hydrogens is 649 g/mol. The van der Waals surface area contributed by atoms with Gasteiger partial charge in [0.1, 0.15) is 5.75 Å². The first-order valence-electron chi connectivity index (χ1n) is 13.2. The normalized spacial score (nSPS) is 20.2. The monoisotopic (exact) mass is 685 g/mol. The van der Waals surface area contributed by atoms with E-state index in [9.17, 15) is 18.3 Å². The first-order chi connectivity index (χ1) is 19.2. The molecule has 0 saturated carbocycles. The Hall–Kier alpha value is -2.23. The number of carbonyl (C=O) groups excluding carboxylic acids is 1. The third kappa shape index (κ3) is 7.74. The number of hydrogen-bond acceptors (Lipinski definition) is 8. The summed E-state index contributed by atoms with van der Waals surface area (Å²) in [5, 5.41) is 9.55. The molecule has 1 saturated heterocycles. The molecular formula is C28H36IN3O7S. The second-order valence-electron chi connectivity index (χ2n) is 9.74. The molecule has 10 nitrogen and oxygen atoms in total. The van der Waals surface area contributed by atoms with Crippen molar-refractivity contribution < 1.29 is 32.5 Å². The molecule has 0 unspecified atom stereocenters. The number of benzene rings is 2. The van der Waals surface area contributed by atoms with Crippen LogP contribution in [0.5, 0.6) is 5.75 Å². The number of ether oxygens (including phenoxy) is 3. The lowest BCUT2D eigenvalue weighted by Crippen LogP contribution is -2.48. The largest absolute Gasteiger partial charge is 0.497 e. The first kappa shape index (κ1) is 30.7. The summed E-state index contributed by atoms with van der Waals surface area (Å²) < 4.78 is 46.0. The van der Waals surface area contributed by atoms with Gasteiger partial charge in [0.2, 0.25) is 16.3 Å². The number of rotatable bonds is 11. The standard InChI is InChI=1S/C28H36IN3O7S/c1-30-11-13-31(14-12-30)28(34)26-19-22(21-3-5-23(29)6-4-21)20-27(39-26)38-18-16-32(15-17-33)40(35,36)25-9-7-24(37-2)8-10-25/h3-10,19,22,27,33H,11-18,20H2,1-2H3/t22-,27+/m1/s1. The Balaban J connectivity index is 1.46. The number of aliphatic hydroxyl groups is 1. The van der Waals surface area contributed by atoms with Gasteiger partial charge in [0, 0.05) is 55.2 Å². The minimum atomic E-state index is -3.87. The van der Waals surface area contributed by atoms with Crippen molar-refractivity contribution >= 4 is 38.5 Å². The molecule has 40 heavy (non-hydrogen) atoms. The van der Waals surface area contributed by atoms with Crippen LogP contribution in [0.4, 0.5) is 0 Å². The highest BCUT2D eigenvalue weighted by atomic mass is 127. The second kappa shape index (κ2) is 14.1. The molecule has 0 aliphatic carbocycles. The fourth-order valence-corrected chi connectivity index (χ4v) is 6.44. The highest BCUT2D eigenvalue weighted by molar-refractivity contribution is 14.1. The van der Waals surface area contributed by atoms with Crippen molar-refractivity contribution in [3.63, 3.8) is 0 Å². The van der Waals surface area contributed by atoms with E-state index >= 15 is 0 Å². The van der Waals surface area contributed by atoms with Gasteiger partial charge >= 0.3 is 0 Å². The number of halogens is 1. The van der Waals surface area contributed by atoms with Crippen molar-refractivity contribution in [3.05, 3.63) is 69.5 Å². The number of allylic oxidation sites excluding steroid dienone is 1. The van der Waals surface area contributed by atoms with Crippen molar-refractivity contribution in [2.45, 2.75) is 23.5 Å². The van der Waals surface area contributed by atoms with E-state index in [1.54, 1.807) is 17.0 Å². The lowest BCUT2D eigenvalue weighted by molar-refractivity contribution is -0.153. The van der Waals surface area contributed by atoms with Gasteiger partial charge in [-0.1, -0.05) is 12.1 Å². The highest BCUT2D eigenvalue weighted by Gasteiger charge is 2.32. The van der Waals surface area contributed by atoms with E-state index < -0.39 is 16.3 Å². The number of likely N-dealkylation sites (N-methyl/N-ethyl adjacent to an activating group) is 1. The van der Waals surface area contributed by atoms with Crippen LogP contribution >= 0.6 is 22.6 Å². The SMILES string of the molecule is COc1ccc(S(=O)(=O)N(CCO)CCO[C@@H]2C[C@H](c3ccc(I)cc3)C=C(C(=O)N3CCN(C)CC3)O2)cc1. The number of aliphatic hydroxyl groups excluding tert-OH is 1. The van der Waals surface area contributed by atoms with Gasteiger partial charge in [-0.25, -0.2) is 8.42 Å². The number of hydrogen-bond donors (Lipinski definition) is 1. The lowest BCUT2D eigenvalue weighted by Gasteiger charge is -2.35. The molecule has 0 bridgehead atoms. The first-order valence-corrected chi connectivity index (χ1v) is 15.7. The maximum atomic E-state index is 13.4. The Morgan fingerprint density at radius 3 is 2.38 bits per heavy atom. The van der Waals surface area contributed by atoms with Crippen molar-refractivity contribution in [2.24, 2.45) is 0 Å². The van der Waals surface area contributed by atoms with Gasteiger partial charge in [-0.2, -0.15) is 4.31 Å². The number of carbonyl (C=O) groups is 1. The molecule has 218 valence electrons. The van der Waals surface area contributed by atoms with Crippen LogP contribution in [0.2, 0.25) is 0 Å². The molecule has 1 fully saturated rings. The van der Waals surface area contributed by atoms with Gasteiger partial charge in [0.25, 0.3) is 5.91 Å². The fraction of sp³-hybridized carbons (Fsp3) is 0.464. The molecule has 0 radical (unpaired) electrons. The van der Waals surface area contributed by atoms with Crippen LogP contribution in [-0.4, -0.2) is 106 Å². The molecule has 1 amide bonds. The molecule has 4 rings (SSSR count). The topological polar surface area (TPSA) is 109 Å². The predicted octanol–water partition coefficient (Wildman–Crippen LogP) is 2.49. The maximum absolute atomic E-state index is 13.4. The Bertz CT molecular complexity index is 1260. The van der Waals surface area contributed by atoms with E-state index in [1.807, 2.05) is 37.4 Å². The summed E-state index contributed by atoms with van der Waals surface area (Å²) in [5.74, 6) is 0.533. The summed E-state index contributed by atoms with van der Waals surface area (Å²) in [6, 6.07) is 14.2. The quantitative estimate of drug-likeness (QED) is 0.360. The smallest absolute Gasteiger partial charge is 0.288 e. The Labute approximate surface area is 249 Å². The van der Waals surface area contributed by atoms with Gasteiger partial charge in [0.05, 0.1) is 25.2 Å². The summed E-state index contributed by atoms with van der Waals surface area (Å²) in [6.45, 7) is 2.44. The lowest BCUT2D eigenvalue weighted by atomic mass is 9.93. The van der Waals surface area contributed by atoms with E-state index in [0.717, 1.165) is 22.2 Å². The number of nitrogens with zero attached hydrogens (tertiary/aromatic N) is 3. The van der Waals surface area contributed by atoms with Crippen LogP contribution in [0, 0.1) is 3.57 Å². The molecule has 12 heteroatoms. The van der Waals surface area contributed by atoms with E-state index in [4.69, 9.17) is 14.2 Å². The highest BCUT2D eigenvalue weighted by Crippen LogP contribution is 2.32. The Kier molecular flexibility index (Phi) is 10.8. The number of amides is 1. The zero-order valence-electron chi connectivity index (χ0n) is 22.7. The summed E-state index contributed by atoms with van der Waals surface area (Å²) in [4.78, 5) is 17.4. The molecule has 0 spiro atoms. The zero-order valence-corrected chi connectivity index (χ0v) is 25.7. The van der Waals surface area contributed by atoms with Gasteiger partial charge < -0.3 is 29.1 Å². The van der Waals surface area contributed by atoms with Gasteiger partial charge in [-0.15, -0.1) is 0 Å². The van der Waals surface area contributed by atoms with Crippen LogP contribution in [-0.2, 0) is 24.3 Å². The average molecular weight is 686 g/mol. The third-order valence-corrected chi connectivity index (χ3v) is 9.68. The van der Waals surface area contributed by atoms with Crippen LogP contribution < -0.4 is 4.74 Å². The molecule has 2 atom stereocenters. The number of piperazine rings is 1. The van der Waals surface area contributed by atoms with Crippen LogP contribution in [0.3, 0.4) is 0 Å². The molecule has 2 heterocycles. The van der Waals surface area contributed by atoms with Crippen LogP contribution in [0.15, 0.2) is 65.3 Å². The second-order valence-corrected chi connectivity index (χ2v) is 12.9. The molecule has 2 aromatic carbocycles. The summed E-state index contributed by atoms with van der Waals surface area (Å²) in [7, 11) is -0.332. The number of sulfonamides is 1. The molecule has 0 aromatic heterocycles. The molecule has 2 aliphatic rings. The predicted molar refractivity (Wildman–Crippen MR) is 158 cm³/mol. The van der Waals surface area contributed by atoms with Gasteiger partial charge in [-0.05, 0) is 77.7 Å². The summed E-state index contributed by atoms with van der Waals surface area (Å²) >= 11 is 2.25. The van der Waals surface area contributed by atoms with Crippen molar-refractivity contribution in [1.29, 1.82) is 0 Å². The van der Waals surface area contributed by atoms with Crippen LogP contribution in [0.1, 0.15) is 17.9 Å². The fourth-order valence-electron chi connectivity index (χ4n) is 4.66. The van der Waals surface area contributed by atoms with Crippen molar-refractivity contribution in [1.82, 2.24) is 14.1 Å². The Morgan fingerprint density at radius 1 is 1.07 bits per heavy atom. The van der Waals surface area contributed by atoms with Crippen molar-refractivity contribution in [2.75, 3.05) is 66.6 Å². The maximum Gasteiger partial charge on any atom is 0.288 e. The molecule has 2 aromatic rings. The van der Waals surface area contributed by atoms with E-state index in [-0.39, 0.29) is 48.8 Å². The zero-order chi connectivity index (χ0) is 28.7. The van der Waals surface area contributed by atoms with Gasteiger partial charge in [0.15, 0.2) is 5.76 Å². The van der Waals surface area contributed by atoms with Crippen LogP contribution in [0.25, 0.3) is 0 Å². The summed E-state index contributed by atoms with van der Waals surface area (Å²) in [6.07, 6.45) is 1.61. The molecule has 1 N–H and O–H groups in total. The van der Waals surface area contributed by atoms with E-state index in [2.05, 4.69) is 27.5 Å². The Morgan fingerprint density at radius 2 is 1.75 bits per heavy atom. The number of methoxy groups -OCH3 is 1. The average Bonchev–Trinajstić information content (AvgIpc) is 2.97. The molecule has 2 aliphatic heterocycles. The minimum absolute atomic E-state index is 0.00837. The van der Waals surface area contributed by atoms with E-state index in [1.165, 1.54) is 23.5 Å².